The summed E-state index contributed by atoms with van der Waals surface area (Å²) in [6.07, 6.45) is 13.3. The number of nitrogens with zero attached hydrogens (tertiary/aromatic N) is 7. The number of hydrogen-bond acceptors (Lipinski definition) is 7. The van der Waals surface area contributed by atoms with E-state index in [1.54, 1.807) is 18.5 Å². The number of hydrogen-bond donors (Lipinski definition) is 1. The first-order valence-electron chi connectivity index (χ1n) is 11.4. The van der Waals surface area contributed by atoms with Gasteiger partial charge in [-0.05, 0) is 44.9 Å². The fourth-order valence-corrected chi connectivity index (χ4v) is 4.14. The molecule has 3 aromatic heterocycles. The summed E-state index contributed by atoms with van der Waals surface area (Å²) in [7, 11) is 0. The maximum Gasteiger partial charge on any atom is 0.148 e. The topological polar surface area (TPSA) is 95.6 Å². The average Bonchev–Trinajstić information content (AvgIpc) is 3.18. The van der Waals surface area contributed by atoms with Crippen LogP contribution in [0.3, 0.4) is 0 Å². The maximum atomic E-state index is 8.87. The van der Waals surface area contributed by atoms with Crippen LogP contribution in [0.5, 0.6) is 0 Å². The molecule has 1 fully saturated rings. The molecule has 0 radical (unpaired) electrons. The highest BCUT2D eigenvalue weighted by Crippen LogP contribution is 2.31. The van der Waals surface area contributed by atoms with E-state index in [1.165, 1.54) is 24.8 Å². The van der Waals surface area contributed by atoms with Crippen LogP contribution in [0, 0.1) is 18.3 Å². The van der Waals surface area contributed by atoms with Crippen molar-refractivity contribution in [3.63, 3.8) is 0 Å². The van der Waals surface area contributed by atoms with Crippen molar-refractivity contribution >= 4 is 11.5 Å². The second kappa shape index (κ2) is 10.3. The molecule has 0 saturated carbocycles. The van der Waals surface area contributed by atoms with Crippen LogP contribution in [-0.4, -0.2) is 36.2 Å². The van der Waals surface area contributed by atoms with Crippen molar-refractivity contribution in [1.29, 1.82) is 5.26 Å². The molecule has 4 heterocycles. The number of likely N-dealkylation sites (tertiary alicyclic amines) is 1. The van der Waals surface area contributed by atoms with Gasteiger partial charge < -0.3 is 5.32 Å². The Morgan fingerprint density at radius 1 is 1.16 bits per heavy atom. The Bertz CT molecular complexity index is 1050. The first-order valence-corrected chi connectivity index (χ1v) is 11.4. The molecule has 0 aliphatic carbocycles. The Kier molecular flexibility index (Phi) is 7.07. The van der Waals surface area contributed by atoms with Crippen molar-refractivity contribution in [3.05, 3.63) is 59.6 Å². The minimum atomic E-state index is 0.264. The van der Waals surface area contributed by atoms with Gasteiger partial charge >= 0.3 is 0 Å². The number of unbranched alkanes of at least 4 members (excludes halogenated alkanes) is 1. The molecular formula is C24H30N8. The second-order valence-corrected chi connectivity index (χ2v) is 8.33. The molecule has 1 aliphatic rings. The van der Waals surface area contributed by atoms with E-state index in [0.717, 1.165) is 49.6 Å². The van der Waals surface area contributed by atoms with Crippen LogP contribution in [0.4, 0.5) is 11.5 Å². The van der Waals surface area contributed by atoms with E-state index in [1.807, 2.05) is 18.3 Å². The van der Waals surface area contributed by atoms with Gasteiger partial charge in [-0.15, -0.1) is 0 Å². The molecule has 1 aliphatic heterocycles. The largest absolute Gasteiger partial charge is 0.338 e. The van der Waals surface area contributed by atoms with E-state index in [2.05, 4.69) is 44.9 Å². The molecule has 3 aromatic rings. The van der Waals surface area contributed by atoms with Gasteiger partial charge in [-0.2, -0.15) is 10.4 Å². The smallest absolute Gasteiger partial charge is 0.148 e. The normalized spacial score (nSPS) is 16.6. The summed E-state index contributed by atoms with van der Waals surface area (Å²) in [5.41, 5.74) is 4.59. The number of nitriles is 1. The number of pyridine rings is 1. The molecule has 166 valence electrons. The zero-order valence-electron chi connectivity index (χ0n) is 18.8. The Balaban J connectivity index is 1.44. The van der Waals surface area contributed by atoms with E-state index in [4.69, 9.17) is 15.3 Å². The summed E-state index contributed by atoms with van der Waals surface area (Å²) >= 11 is 0. The van der Waals surface area contributed by atoms with Crippen LogP contribution < -0.4 is 5.32 Å². The lowest BCUT2D eigenvalue weighted by atomic mass is 9.99. The van der Waals surface area contributed by atoms with Gasteiger partial charge in [-0.3, -0.25) is 14.6 Å². The van der Waals surface area contributed by atoms with Crippen molar-refractivity contribution < 1.29 is 0 Å². The molecule has 0 aromatic carbocycles. The van der Waals surface area contributed by atoms with Crippen LogP contribution >= 0.6 is 0 Å². The SMILES string of the molecule is CCCCn1cc(CN2CCCCC2c2cnc(Nc3ccc(C#N)nc3)cn2)c(C)n1. The number of anilines is 2. The van der Waals surface area contributed by atoms with Gasteiger partial charge in [0.2, 0.25) is 0 Å². The maximum absolute atomic E-state index is 8.87. The molecule has 0 bridgehead atoms. The summed E-state index contributed by atoms with van der Waals surface area (Å²) in [6, 6.07) is 5.77. The minimum Gasteiger partial charge on any atom is -0.338 e. The highest BCUT2D eigenvalue weighted by atomic mass is 15.3. The first-order chi connectivity index (χ1) is 15.7. The first kappa shape index (κ1) is 21.9. The Morgan fingerprint density at radius 3 is 2.78 bits per heavy atom. The van der Waals surface area contributed by atoms with E-state index in [0.29, 0.717) is 11.5 Å². The van der Waals surface area contributed by atoms with Crippen molar-refractivity contribution in [2.24, 2.45) is 0 Å². The van der Waals surface area contributed by atoms with Crippen LogP contribution in [0.25, 0.3) is 0 Å². The zero-order valence-corrected chi connectivity index (χ0v) is 18.8. The number of aromatic nitrogens is 5. The predicted molar refractivity (Wildman–Crippen MR) is 123 cm³/mol. The molecule has 1 N–H and O–H groups in total. The molecule has 32 heavy (non-hydrogen) atoms. The van der Waals surface area contributed by atoms with Crippen molar-refractivity contribution in [2.75, 3.05) is 11.9 Å². The molecule has 8 heteroatoms. The molecule has 1 unspecified atom stereocenters. The summed E-state index contributed by atoms with van der Waals surface area (Å²) in [5, 5.41) is 16.8. The van der Waals surface area contributed by atoms with Gasteiger partial charge in [0.15, 0.2) is 0 Å². The lowest BCUT2D eigenvalue weighted by Gasteiger charge is -2.35. The third-order valence-corrected chi connectivity index (χ3v) is 5.94. The summed E-state index contributed by atoms with van der Waals surface area (Å²) < 4.78 is 2.09. The fourth-order valence-electron chi connectivity index (χ4n) is 4.14. The Hall–Kier alpha value is -3.31. The van der Waals surface area contributed by atoms with Crippen LogP contribution in [-0.2, 0) is 13.1 Å². The van der Waals surface area contributed by atoms with Gasteiger partial charge in [0.05, 0.1) is 41.7 Å². The van der Waals surface area contributed by atoms with E-state index < -0.39 is 0 Å². The standard InChI is InChI=1S/C24H30N8/c1-3-4-11-32-17-19(18(2)30-32)16-31-10-6-5-7-23(31)22-14-28-24(15-27-22)29-21-9-8-20(12-25)26-13-21/h8-9,13-15,17,23H,3-7,10-11,16H2,1-2H3,(H,28,29). The quantitative estimate of drug-likeness (QED) is 0.561. The van der Waals surface area contributed by atoms with Gasteiger partial charge in [0.25, 0.3) is 0 Å². The number of piperidine rings is 1. The minimum absolute atomic E-state index is 0.264. The van der Waals surface area contributed by atoms with Crippen LogP contribution in [0.15, 0.2) is 36.9 Å². The predicted octanol–water partition coefficient (Wildman–Crippen LogP) is 4.52. The summed E-state index contributed by atoms with van der Waals surface area (Å²) in [6.45, 7) is 7.24. The van der Waals surface area contributed by atoms with E-state index in [9.17, 15) is 0 Å². The molecule has 1 saturated heterocycles. The number of rotatable bonds is 8. The highest BCUT2D eigenvalue weighted by Gasteiger charge is 2.26. The average molecular weight is 431 g/mol. The summed E-state index contributed by atoms with van der Waals surface area (Å²) in [5.74, 6) is 0.663. The molecular weight excluding hydrogens is 400 g/mol. The van der Waals surface area contributed by atoms with Crippen molar-refractivity contribution in [2.45, 2.75) is 65.1 Å². The second-order valence-electron chi connectivity index (χ2n) is 8.33. The molecule has 1 atom stereocenters. The molecule has 4 rings (SSSR count). The number of aryl methyl sites for hydroxylation is 2. The van der Waals surface area contributed by atoms with Gasteiger partial charge in [0, 0.05) is 24.8 Å². The van der Waals surface area contributed by atoms with Gasteiger partial charge in [-0.25, -0.2) is 9.97 Å². The lowest BCUT2D eigenvalue weighted by Crippen LogP contribution is -2.33. The highest BCUT2D eigenvalue weighted by molar-refractivity contribution is 5.54. The fraction of sp³-hybridized carbons (Fsp3) is 0.458. The Morgan fingerprint density at radius 2 is 2.06 bits per heavy atom. The third-order valence-electron chi connectivity index (χ3n) is 5.94. The van der Waals surface area contributed by atoms with Crippen LogP contribution in [0.1, 0.15) is 67.7 Å². The third kappa shape index (κ3) is 5.29. The monoisotopic (exact) mass is 430 g/mol. The zero-order chi connectivity index (χ0) is 22.3. The van der Waals surface area contributed by atoms with Crippen molar-refractivity contribution in [3.8, 4) is 6.07 Å². The van der Waals surface area contributed by atoms with Gasteiger partial charge in [0.1, 0.15) is 17.6 Å². The lowest BCUT2D eigenvalue weighted by molar-refractivity contribution is 0.136. The summed E-state index contributed by atoms with van der Waals surface area (Å²) in [4.78, 5) is 15.9. The van der Waals surface area contributed by atoms with Crippen LogP contribution in [0.2, 0.25) is 0 Å². The Labute approximate surface area is 189 Å². The van der Waals surface area contributed by atoms with E-state index in [-0.39, 0.29) is 6.04 Å². The molecule has 8 nitrogen and oxygen atoms in total. The molecule has 0 amide bonds. The van der Waals surface area contributed by atoms with E-state index >= 15 is 0 Å². The molecule has 0 spiro atoms. The number of nitrogens with one attached hydrogen (secondary N) is 1. The van der Waals surface area contributed by atoms with Crippen molar-refractivity contribution in [1.82, 2.24) is 29.6 Å². The van der Waals surface area contributed by atoms with Gasteiger partial charge in [-0.1, -0.05) is 19.8 Å².